The predicted molar refractivity (Wildman–Crippen MR) is 135 cm³/mol. The van der Waals surface area contributed by atoms with Crippen LogP contribution in [-0.4, -0.2) is 72.0 Å². The Morgan fingerprint density at radius 1 is 1.17 bits per heavy atom. The molecule has 3 N–H and O–H groups in total. The standard InChI is InChI=1S/C28H34N2O6/c1-17(2)28(34)30(13-11-18-7-6-8-19(15-18)35-3)22-16-21(27(33)29-12-14-31)24-20-9-4-5-10-23(20)36-26(24)25(22)32/h4-10,15-17,22,24-26,31-32H,11-14H2,1-3H3,(H,29,33)/t22-,24+,25+,26+/m1/s1. The average molecular weight is 495 g/mol. The number of aliphatic hydroxyl groups excluding tert-OH is 2. The summed E-state index contributed by atoms with van der Waals surface area (Å²) in [5, 5.41) is 23.5. The van der Waals surface area contributed by atoms with E-state index in [-0.39, 0.29) is 30.9 Å². The molecule has 0 unspecified atom stereocenters. The summed E-state index contributed by atoms with van der Waals surface area (Å²) in [6.07, 6.45) is 0.500. The van der Waals surface area contributed by atoms with Gasteiger partial charge in [-0.2, -0.15) is 0 Å². The second kappa shape index (κ2) is 11.1. The van der Waals surface area contributed by atoms with Crippen molar-refractivity contribution in [3.63, 3.8) is 0 Å². The first-order valence-electron chi connectivity index (χ1n) is 12.3. The van der Waals surface area contributed by atoms with E-state index in [1.54, 1.807) is 18.1 Å². The number of hydrogen-bond acceptors (Lipinski definition) is 6. The Morgan fingerprint density at radius 3 is 2.67 bits per heavy atom. The summed E-state index contributed by atoms with van der Waals surface area (Å²) in [5.41, 5.74) is 2.24. The number of methoxy groups -OCH3 is 1. The first kappa shape index (κ1) is 25.7. The highest BCUT2D eigenvalue weighted by Gasteiger charge is 2.50. The van der Waals surface area contributed by atoms with Crippen molar-refractivity contribution in [3.05, 3.63) is 71.3 Å². The first-order chi connectivity index (χ1) is 17.3. The number of benzene rings is 2. The number of carbonyl (C=O) groups excluding carboxylic acids is 2. The summed E-state index contributed by atoms with van der Waals surface area (Å²) in [6, 6.07) is 14.3. The number of rotatable bonds is 9. The fourth-order valence-electron chi connectivity index (χ4n) is 5.01. The SMILES string of the molecule is COc1cccc(CCN(C(=O)C(C)C)[C@@H]2C=C(C(=O)NCCO)[C@@H]3c4ccccc4O[C@@H]3[C@H]2O)c1. The van der Waals surface area contributed by atoms with Gasteiger partial charge >= 0.3 is 0 Å². The number of nitrogens with one attached hydrogen (secondary N) is 1. The van der Waals surface area contributed by atoms with Crippen molar-refractivity contribution in [2.45, 2.75) is 44.4 Å². The lowest BCUT2D eigenvalue weighted by Gasteiger charge is -2.41. The van der Waals surface area contributed by atoms with E-state index in [1.807, 2.05) is 62.4 Å². The fraction of sp³-hybridized carbons (Fsp3) is 0.429. The molecule has 192 valence electrons. The first-order valence-corrected chi connectivity index (χ1v) is 12.3. The number of para-hydroxylation sites is 1. The van der Waals surface area contributed by atoms with Gasteiger partial charge in [-0.25, -0.2) is 0 Å². The molecule has 4 rings (SSSR count). The summed E-state index contributed by atoms with van der Waals surface area (Å²) in [4.78, 5) is 28.2. The zero-order chi connectivity index (χ0) is 25.8. The summed E-state index contributed by atoms with van der Waals surface area (Å²) in [7, 11) is 1.61. The molecule has 0 fully saturated rings. The number of nitrogens with zero attached hydrogens (tertiary/aromatic N) is 1. The predicted octanol–water partition coefficient (Wildman–Crippen LogP) is 2.05. The molecule has 2 aromatic carbocycles. The molecule has 2 amide bonds. The third-order valence-corrected chi connectivity index (χ3v) is 6.79. The van der Waals surface area contributed by atoms with Crippen LogP contribution in [0.4, 0.5) is 0 Å². The van der Waals surface area contributed by atoms with Crippen LogP contribution in [0.5, 0.6) is 11.5 Å². The van der Waals surface area contributed by atoms with E-state index in [0.717, 1.165) is 16.9 Å². The molecule has 8 nitrogen and oxygen atoms in total. The molecule has 0 aromatic heterocycles. The second-order valence-electron chi connectivity index (χ2n) is 9.47. The van der Waals surface area contributed by atoms with Crippen LogP contribution < -0.4 is 14.8 Å². The molecule has 2 aliphatic rings. The van der Waals surface area contributed by atoms with Crippen molar-refractivity contribution in [1.29, 1.82) is 0 Å². The van der Waals surface area contributed by atoms with Crippen LogP contribution in [0.3, 0.4) is 0 Å². The van der Waals surface area contributed by atoms with Crippen molar-refractivity contribution in [3.8, 4) is 11.5 Å². The Morgan fingerprint density at radius 2 is 1.94 bits per heavy atom. The van der Waals surface area contributed by atoms with Crippen LogP contribution in [0.1, 0.15) is 30.9 Å². The smallest absolute Gasteiger partial charge is 0.247 e. The van der Waals surface area contributed by atoms with Crippen LogP contribution in [0.2, 0.25) is 0 Å². The van der Waals surface area contributed by atoms with E-state index >= 15 is 0 Å². The van der Waals surface area contributed by atoms with E-state index in [9.17, 15) is 19.8 Å². The van der Waals surface area contributed by atoms with Crippen molar-refractivity contribution in [2.75, 3.05) is 26.8 Å². The average Bonchev–Trinajstić information content (AvgIpc) is 3.28. The summed E-state index contributed by atoms with van der Waals surface area (Å²) >= 11 is 0. The molecule has 1 heterocycles. The molecule has 1 aliphatic carbocycles. The lowest BCUT2D eigenvalue weighted by molar-refractivity contribution is -0.140. The maximum absolute atomic E-state index is 13.4. The van der Waals surface area contributed by atoms with Gasteiger partial charge in [-0.05, 0) is 36.3 Å². The Balaban J connectivity index is 1.70. The Bertz CT molecular complexity index is 1130. The lowest BCUT2D eigenvalue weighted by atomic mass is 9.77. The molecular formula is C28H34N2O6. The number of amides is 2. The number of fused-ring (bicyclic) bond motifs is 3. The van der Waals surface area contributed by atoms with Crippen LogP contribution in [-0.2, 0) is 16.0 Å². The van der Waals surface area contributed by atoms with Crippen molar-refractivity contribution < 1.29 is 29.3 Å². The monoisotopic (exact) mass is 494 g/mol. The topological polar surface area (TPSA) is 108 Å². The van der Waals surface area contributed by atoms with E-state index in [1.165, 1.54) is 0 Å². The zero-order valence-electron chi connectivity index (χ0n) is 20.9. The third kappa shape index (κ3) is 5.10. The molecule has 8 heteroatoms. The highest BCUT2D eigenvalue weighted by Crippen LogP contribution is 2.47. The molecule has 1 aliphatic heterocycles. The zero-order valence-corrected chi connectivity index (χ0v) is 20.9. The van der Waals surface area contributed by atoms with Gasteiger partial charge in [-0.1, -0.05) is 44.2 Å². The Kier molecular flexibility index (Phi) is 7.96. The van der Waals surface area contributed by atoms with Crippen LogP contribution in [0, 0.1) is 5.92 Å². The number of hydrogen-bond donors (Lipinski definition) is 3. The second-order valence-corrected chi connectivity index (χ2v) is 9.47. The minimum atomic E-state index is -1.04. The van der Waals surface area contributed by atoms with Gasteiger partial charge in [0, 0.05) is 30.1 Å². The van der Waals surface area contributed by atoms with Crippen LogP contribution >= 0.6 is 0 Å². The molecule has 0 bridgehead atoms. The number of ether oxygens (including phenoxy) is 2. The minimum Gasteiger partial charge on any atom is -0.497 e. The highest BCUT2D eigenvalue weighted by atomic mass is 16.5. The van der Waals surface area contributed by atoms with Gasteiger partial charge in [-0.15, -0.1) is 0 Å². The van der Waals surface area contributed by atoms with E-state index in [4.69, 9.17) is 9.47 Å². The van der Waals surface area contributed by atoms with Gasteiger partial charge in [-0.3, -0.25) is 9.59 Å². The van der Waals surface area contributed by atoms with Crippen LogP contribution in [0.25, 0.3) is 0 Å². The molecule has 2 aromatic rings. The molecule has 0 saturated carbocycles. The fourth-order valence-corrected chi connectivity index (χ4v) is 5.01. The van der Waals surface area contributed by atoms with E-state index < -0.39 is 24.2 Å². The van der Waals surface area contributed by atoms with Gasteiger partial charge in [0.05, 0.1) is 25.7 Å². The molecule has 0 spiro atoms. The molecule has 0 saturated heterocycles. The Hall–Kier alpha value is -3.36. The van der Waals surface area contributed by atoms with Gasteiger partial charge in [0.2, 0.25) is 11.8 Å². The lowest BCUT2D eigenvalue weighted by Crippen LogP contribution is -2.56. The normalized spacial score (nSPS) is 22.2. The summed E-state index contributed by atoms with van der Waals surface area (Å²) in [6.45, 7) is 3.90. The summed E-state index contributed by atoms with van der Waals surface area (Å²) in [5.74, 6) is 0.103. The minimum absolute atomic E-state index is 0.105. The molecular weight excluding hydrogens is 460 g/mol. The van der Waals surface area contributed by atoms with Crippen molar-refractivity contribution in [2.24, 2.45) is 5.92 Å². The largest absolute Gasteiger partial charge is 0.497 e. The number of aliphatic hydroxyl groups is 2. The van der Waals surface area contributed by atoms with Gasteiger partial charge in [0.1, 0.15) is 23.7 Å². The van der Waals surface area contributed by atoms with Gasteiger partial charge < -0.3 is 29.9 Å². The van der Waals surface area contributed by atoms with Gasteiger partial charge in [0.25, 0.3) is 0 Å². The van der Waals surface area contributed by atoms with Gasteiger partial charge in [0.15, 0.2) is 0 Å². The quantitative estimate of drug-likeness (QED) is 0.493. The molecule has 4 atom stereocenters. The molecule has 36 heavy (non-hydrogen) atoms. The Labute approximate surface area is 211 Å². The van der Waals surface area contributed by atoms with Crippen LogP contribution in [0.15, 0.2) is 60.2 Å². The van der Waals surface area contributed by atoms with E-state index in [0.29, 0.717) is 24.3 Å². The maximum atomic E-state index is 13.4. The number of carbonyl (C=O) groups is 2. The molecule has 0 radical (unpaired) electrons. The summed E-state index contributed by atoms with van der Waals surface area (Å²) < 4.78 is 11.5. The highest BCUT2D eigenvalue weighted by molar-refractivity contribution is 5.96. The third-order valence-electron chi connectivity index (χ3n) is 6.79. The van der Waals surface area contributed by atoms with Crippen molar-refractivity contribution >= 4 is 11.8 Å². The van der Waals surface area contributed by atoms with E-state index in [2.05, 4.69) is 5.32 Å². The maximum Gasteiger partial charge on any atom is 0.247 e. The van der Waals surface area contributed by atoms with Crippen molar-refractivity contribution in [1.82, 2.24) is 10.2 Å².